The first-order valence-corrected chi connectivity index (χ1v) is 8.26. The Balaban J connectivity index is 1.73. The molecule has 0 bridgehead atoms. The van der Waals surface area contributed by atoms with Crippen molar-refractivity contribution in [3.63, 3.8) is 0 Å². The maximum atomic E-state index is 12.3. The van der Waals surface area contributed by atoms with Crippen LogP contribution in [0.15, 0.2) is 23.6 Å². The molecule has 0 spiro atoms. The van der Waals surface area contributed by atoms with Gasteiger partial charge in [0.25, 0.3) is 5.91 Å². The summed E-state index contributed by atoms with van der Waals surface area (Å²) in [5, 5.41) is 14.3. The Morgan fingerprint density at radius 3 is 2.96 bits per heavy atom. The zero-order valence-corrected chi connectivity index (χ0v) is 13.8. The average Bonchev–Trinajstić information content (AvgIpc) is 3.25. The number of nitrogens with one attached hydrogen (secondary N) is 1. The van der Waals surface area contributed by atoms with Crippen LogP contribution < -0.4 is 10.1 Å². The van der Waals surface area contributed by atoms with Gasteiger partial charge in [0.05, 0.1) is 7.11 Å². The first-order chi connectivity index (χ1) is 11.6. The third kappa shape index (κ3) is 3.39. The van der Waals surface area contributed by atoms with Crippen molar-refractivity contribution in [3.05, 3.63) is 39.8 Å². The van der Waals surface area contributed by atoms with Crippen LogP contribution in [-0.2, 0) is 4.74 Å². The molecule has 1 atom stereocenters. The molecule has 0 aliphatic carbocycles. The molecule has 2 aromatic rings. The Bertz CT molecular complexity index is 768. The molecule has 7 nitrogen and oxygen atoms in total. The number of benzene rings is 1. The molecule has 2 heterocycles. The van der Waals surface area contributed by atoms with E-state index in [0.717, 1.165) is 24.5 Å². The minimum atomic E-state index is -1.09. The SMILES string of the molecule is COc1cc(NC(=O)c2csc(C3CCCO3)n2)ccc1C(=O)O. The Morgan fingerprint density at radius 1 is 1.46 bits per heavy atom. The summed E-state index contributed by atoms with van der Waals surface area (Å²) >= 11 is 1.40. The van der Waals surface area contributed by atoms with Gasteiger partial charge in [-0.3, -0.25) is 4.79 Å². The standard InChI is InChI=1S/C16H16N2O5S/c1-22-13-7-9(4-5-10(13)16(20)21)17-14(19)11-8-24-15(18-11)12-3-2-6-23-12/h4-5,7-8,12H,2-3,6H2,1H3,(H,17,19)(H,20,21). The normalized spacial score (nSPS) is 16.8. The average molecular weight is 348 g/mol. The van der Waals surface area contributed by atoms with Gasteiger partial charge >= 0.3 is 5.97 Å². The second-order valence-electron chi connectivity index (χ2n) is 5.25. The number of ether oxygens (including phenoxy) is 2. The van der Waals surface area contributed by atoms with Gasteiger partial charge in [0.15, 0.2) is 0 Å². The lowest BCUT2D eigenvalue weighted by atomic mass is 10.2. The molecule has 1 aromatic heterocycles. The molecule has 1 unspecified atom stereocenters. The maximum Gasteiger partial charge on any atom is 0.339 e. The van der Waals surface area contributed by atoms with Crippen LogP contribution in [0.5, 0.6) is 5.75 Å². The lowest BCUT2D eigenvalue weighted by Gasteiger charge is -2.08. The van der Waals surface area contributed by atoms with Crippen molar-refractivity contribution in [2.24, 2.45) is 0 Å². The smallest absolute Gasteiger partial charge is 0.339 e. The summed E-state index contributed by atoms with van der Waals surface area (Å²) in [5.41, 5.74) is 0.783. The number of aromatic carboxylic acids is 1. The highest BCUT2D eigenvalue weighted by atomic mass is 32.1. The van der Waals surface area contributed by atoms with Crippen LogP contribution >= 0.6 is 11.3 Å². The van der Waals surface area contributed by atoms with Gasteiger partial charge < -0.3 is 19.9 Å². The van der Waals surface area contributed by atoms with Gasteiger partial charge in [0, 0.05) is 23.7 Å². The Hall–Kier alpha value is -2.45. The van der Waals surface area contributed by atoms with Crippen LogP contribution in [0.25, 0.3) is 0 Å². The van der Waals surface area contributed by atoms with Crippen LogP contribution in [-0.4, -0.2) is 35.7 Å². The highest BCUT2D eigenvalue weighted by molar-refractivity contribution is 7.09. The number of nitrogens with zero attached hydrogens (tertiary/aromatic N) is 1. The van der Waals surface area contributed by atoms with Gasteiger partial charge in [-0.05, 0) is 25.0 Å². The first-order valence-electron chi connectivity index (χ1n) is 7.38. The maximum absolute atomic E-state index is 12.3. The van der Waals surface area contributed by atoms with E-state index >= 15 is 0 Å². The number of rotatable bonds is 5. The number of carbonyl (C=O) groups is 2. The van der Waals surface area contributed by atoms with Gasteiger partial charge in [0.2, 0.25) is 0 Å². The summed E-state index contributed by atoms with van der Waals surface area (Å²) < 4.78 is 10.6. The van der Waals surface area contributed by atoms with Crippen molar-refractivity contribution in [2.45, 2.75) is 18.9 Å². The minimum absolute atomic E-state index is 0.0218. The molecule has 0 saturated carbocycles. The number of hydrogen-bond acceptors (Lipinski definition) is 6. The molecule has 1 saturated heterocycles. The van der Waals surface area contributed by atoms with Crippen LogP contribution in [0.3, 0.4) is 0 Å². The van der Waals surface area contributed by atoms with E-state index in [1.807, 2.05) is 0 Å². The van der Waals surface area contributed by atoms with Gasteiger partial charge in [-0.15, -0.1) is 11.3 Å². The third-order valence-electron chi connectivity index (χ3n) is 3.65. The molecule has 1 aliphatic heterocycles. The van der Waals surface area contributed by atoms with E-state index in [2.05, 4.69) is 10.3 Å². The topological polar surface area (TPSA) is 97.8 Å². The van der Waals surface area contributed by atoms with Crippen molar-refractivity contribution in [1.82, 2.24) is 4.98 Å². The highest BCUT2D eigenvalue weighted by Gasteiger charge is 2.22. The van der Waals surface area contributed by atoms with Crippen LogP contribution in [0.2, 0.25) is 0 Å². The molecule has 0 radical (unpaired) electrons. The van der Waals surface area contributed by atoms with E-state index in [4.69, 9.17) is 14.6 Å². The fourth-order valence-corrected chi connectivity index (χ4v) is 3.33. The van der Waals surface area contributed by atoms with Gasteiger partial charge in [-0.25, -0.2) is 9.78 Å². The van der Waals surface area contributed by atoms with E-state index in [0.29, 0.717) is 11.4 Å². The Labute approximate surface area is 142 Å². The number of carbonyl (C=O) groups excluding carboxylic acids is 1. The van der Waals surface area contributed by atoms with Gasteiger partial charge in [-0.2, -0.15) is 0 Å². The Kier molecular flexibility index (Phi) is 4.77. The Morgan fingerprint density at radius 2 is 2.29 bits per heavy atom. The van der Waals surface area contributed by atoms with Crippen molar-refractivity contribution < 1.29 is 24.2 Å². The number of thiazole rings is 1. The van der Waals surface area contributed by atoms with E-state index < -0.39 is 5.97 Å². The fraction of sp³-hybridized carbons (Fsp3) is 0.312. The molecular formula is C16H16N2O5S. The zero-order chi connectivity index (χ0) is 17.1. The van der Waals surface area contributed by atoms with E-state index in [-0.39, 0.29) is 23.3 Å². The molecule has 126 valence electrons. The molecule has 2 N–H and O–H groups in total. The number of anilines is 1. The van der Waals surface area contributed by atoms with E-state index in [1.165, 1.54) is 36.6 Å². The van der Waals surface area contributed by atoms with Crippen LogP contribution in [0.4, 0.5) is 5.69 Å². The number of amides is 1. The molecule has 1 fully saturated rings. The largest absolute Gasteiger partial charge is 0.496 e. The number of aromatic nitrogens is 1. The molecule has 3 rings (SSSR count). The summed E-state index contributed by atoms with van der Waals surface area (Å²) in [6.45, 7) is 0.724. The van der Waals surface area contributed by atoms with Crippen molar-refractivity contribution in [1.29, 1.82) is 0 Å². The first kappa shape index (κ1) is 16.4. The van der Waals surface area contributed by atoms with Crippen molar-refractivity contribution in [2.75, 3.05) is 19.0 Å². The van der Waals surface area contributed by atoms with Crippen molar-refractivity contribution >= 4 is 28.9 Å². The molecular weight excluding hydrogens is 332 g/mol. The lowest BCUT2D eigenvalue weighted by Crippen LogP contribution is -2.13. The summed E-state index contributed by atoms with van der Waals surface area (Å²) in [4.78, 5) is 27.7. The zero-order valence-electron chi connectivity index (χ0n) is 12.9. The number of hydrogen-bond donors (Lipinski definition) is 2. The van der Waals surface area contributed by atoms with Crippen molar-refractivity contribution in [3.8, 4) is 5.75 Å². The molecule has 1 amide bonds. The van der Waals surface area contributed by atoms with Gasteiger partial charge in [0.1, 0.15) is 28.1 Å². The number of carboxylic acid groups (broad SMARTS) is 1. The third-order valence-corrected chi connectivity index (χ3v) is 4.59. The quantitative estimate of drug-likeness (QED) is 0.862. The predicted molar refractivity (Wildman–Crippen MR) is 87.9 cm³/mol. The second-order valence-corrected chi connectivity index (χ2v) is 6.14. The number of carboxylic acids is 1. The van der Waals surface area contributed by atoms with E-state index in [9.17, 15) is 9.59 Å². The monoisotopic (exact) mass is 348 g/mol. The molecule has 24 heavy (non-hydrogen) atoms. The number of methoxy groups -OCH3 is 1. The molecule has 1 aromatic carbocycles. The highest BCUT2D eigenvalue weighted by Crippen LogP contribution is 2.31. The van der Waals surface area contributed by atoms with E-state index in [1.54, 1.807) is 5.38 Å². The van der Waals surface area contributed by atoms with Gasteiger partial charge in [-0.1, -0.05) is 0 Å². The summed E-state index contributed by atoms with van der Waals surface area (Å²) in [6, 6.07) is 4.36. The lowest BCUT2D eigenvalue weighted by molar-refractivity contribution is 0.0693. The van der Waals surface area contributed by atoms with Crippen LogP contribution in [0.1, 0.15) is 44.8 Å². The molecule has 8 heteroatoms. The predicted octanol–water partition coefficient (Wildman–Crippen LogP) is 2.95. The molecule has 1 aliphatic rings. The van der Waals surface area contributed by atoms with Crippen LogP contribution in [0, 0.1) is 0 Å². The second kappa shape index (κ2) is 6.98. The fourth-order valence-electron chi connectivity index (χ4n) is 2.45. The summed E-state index contributed by atoms with van der Waals surface area (Å²) in [6.07, 6.45) is 1.90. The summed E-state index contributed by atoms with van der Waals surface area (Å²) in [7, 11) is 1.38. The summed E-state index contributed by atoms with van der Waals surface area (Å²) in [5.74, 6) is -1.27. The minimum Gasteiger partial charge on any atom is -0.496 e.